The van der Waals surface area contributed by atoms with Gasteiger partial charge in [0.15, 0.2) is 5.60 Å². The highest BCUT2D eigenvalue weighted by Crippen LogP contribution is 2.59. The number of nitrogens with zero attached hydrogens (tertiary/aromatic N) is 2. The van der Waals surface area contributed by atoms with Crippen LogP contribution in [0.15, 0.2) is 36.4 Å². The molecule has 2 aliphatic rings. The van der Waals surface area contributed by atoms with Crippen molar-refractivity contribution in [2.45, 2.75) is 36.5 Å². The van der Waals surface area contributed by atoms with Crippen LogP contribution in [-0.4, -0.2) is 67.2 Å². The zero-order chi connectivity index (χ0) is 27.6. The predicted molar refractivity (Wildman–Crippen MR) is 125 cm³/mol. The summed E-state index contributed by atoms with van der Waals surface area (Å²) in [6, 6.07) is 7.36. The Morgan fingerprint density at radius 1 is 1.14 bits per heavy atom. The molecule has 0 saturated heterocycles. The van der Waals surface area contributed by atoms with Crippen LogP contribution in [0.5, 0.6) is 11.5 Å². The second-order valence-corrected chi connectivity index (χ2v) is 10.1. The molecule has 4 rings (SSSR count). The largest absolute Gasteiger partial charge is 0.482 e. The third-order valence-corrected chi connectivity index (χ3v) is 7.26. The van der Waals surface area contributed by atoms with Crippen LogP contribution in [0.25, 0.3) is 0 Å². The van der Waals surface area contributed by atoms with Gasteiger partial charge in [0.25, 0.3) is 11.5 Å². The highest BCUT2D eigenvalue weighted by Gasteiger charge is 2.73. The number of ether oxygens (including phenoxy) is 5. The number of esters is 1. The first-order valence-corrected chi connectivity index (χ1v) is 12.1. The van der Waals surface area contributed by atoms with Crippen LogP contribution in [0.4, 0.5) is 11.4 Å². The first-order valence-electron chi connectivity index (χ1n) is 10.6. The number of hydrogen-bond donors (Lipinski definition) is 2. The number of nitro groups is 1. The summed E-state index contributed by atoms with van der Waals surface area (Å²) in [7, 11) is -1.91. The second-order valence-electron chi connectivity index (χ2n) is 8.70. The fraction of sp³-hybridized carbons (Fsp3) is 0.409. The van der Waals surface area contributed by atoms with Crippen LogP contribution in [-0.2, 0) is 30.1 Å². The standard InChI is InChI=1S/C22H24N2O12S/c1-20(2)22(26,34-5)21(33-4,14-11-12(24(27)28)9-10-15(14)36-20)23-17-13(18(25)32-3)7-6-8-16(17)35-19(23)37(29,30)31/h6-11,19,26H,1-5H3,(H,29,30,31). The smallest absolute Gasteiger partial charge is 0.340 e. The fourth-order valence-electron chi connectivity index (χ4n) is 4.85. The van der Waals surface area contributed by atoms with E-state index in [9.17, 15) is 33.0 Å². The molecule has 37 heavy (non-hydrogen) atoms. The maximum Gasteiger partial charge on any atom is 0.340 e. The molecule has 3 unspecified atom stereocenters. The number of methoxy groups -OCH3 is 3. The van der Waals surface area contributed by atoms with E-state index in [1.807, 2.05) is 0 Å². The minimum atomic E-state index is -5.16. The van der Waals surface area contributed by atoms with Crippen molar-refractivity contribution in [3.63, 3.8) is 0 Å². The van der Waals surface area contributed by atoms with Gasteiger partial charge in [-0.1, -0.05) is 6.07 Å². The SMILES string of the molecule is COC(=O)c1cccc2c1N(C1(OC)c3cc([N+](=O)[O-])ccc3OC(C)(C)C1(O)OC)C(S(=O)(=O)O)O2. The number of carbonyl (C=O) groups excluding carboxylic acids is 1. The molecule has 0 bridgehead atoms. The molecule has 0 aromatic heterocycles. The number of carbonyl (C=O) groups is 1. The van der Waals surface area contributed by atoms with E-state index in [1.54, 1.807) is 0 Å². The lowest BCUT2D eigenvalue weighted by Crippen LogP contribution is -2.77. The first-order chi connectivity index (χ1) is 17.2. The maximum absolute atomic E-state index is 12.7. The molecule has 3 atom stereocenters. The molecule has 2 aromatic rings. The molecule has 200 valence electrons. The second kappa shape index (κ2) is 8.53. The molecular formula is C22H24N2O12S. The first kappa shape index (κ1) is 26.6. The highest BCUT2D eigenvalue weighted by atomic mass is 32.2. The van der Waals surface area contributed by atoms with Crippen molar-refractivity contribution in [3.8, 4) is 11.5 Å². The summed E-state index contributed by atoms with van der Waals surface area (Å²) in [4.78, 5) is 24.5. The summed E-state index contributed by atoms with van der Waals surface area (Å²) < 4.78 is 63.3. The van der Waals surface area contributed by atoms with Gasteiger partial charge in [-0.15, -0.1) is 0 Å². The van der Waals surface area contributed by atoms with Crippen molar-refractivity contribution >= 4 is 27.5 Å². The summed E-state index contributed by atoms with van der Waals surface area (Å²) in [6.45, 7) is 2.81. The van der Waals surface area contributed by atoms with Gasteiger partial charge in [0.1, 0.15) is 17.2 Å². The van der Waals surface area contributed by atoms with Crippen LogP contribution in [0.3, 0.4) is 0 Å². The lowest BCUT2D eigenvalue weighted by atomic mass is 9.78. The molecule has 0 fully saturated rings. The van der Waals surface area contributed by atoms with Crippen molar-refractivity contribution in [2.75, 3.05) is 26.2 Å². The number of para-hydroxylation sites is 1. The molecular weight excluding hydrogens is 516 g/mol. The maximum atomic E-state index is 12.7. The Kier molecular flexibility index (Phi) is 6.12. The number of rotatable bonds is 6. The quantitative estimate of drug-likeness (QED) is 0.178. The Hall–Kier alpha value is -3.50. The normalized spacial score (nSPS) is 25.9. The van der Waals surface area contributed by atoms with Gasteiger partial charge in [0, 0.05) is 26.4 Å². The van der Waals surface area contributed by atoms with Crippen LogP contribution >= 0.6 is 0 Å². The van der Waals surface area contributed by atoms with E-state index in [1.165, 1.54) is 38.1 Å². The third-order valence-electron chi connectivity index (χ3n) is 6.45. The molecule has 15 heteroatoms. The minimum absolute atomic E-state index is 0.0442. The number of nitro benzene ring substituents is 1. The van der Waals surface area contributed by atoms with Gasteiger partial charge in [-0.05, 0) is 32.0 Å². The topological polar surface area (TPSA) is 184 Å². The van der Waals surface area contributed by atoms with E-state index in [2.05, 4.69) is 0 Å². The van der Waals surface area contributed by atoms with Crippen molar-refractivity contribution in [3.05, 3.63) is 57.6 Å². The number of benzene rings is 2. The number of anilines is 1. The molecule has 0 spiro atoms. The Morgan fingerprint density at radius 3 is 2.35 bits per heavy atom. The molecule has 14 nitrogen and oxygen atoms in total. The van der Waals surface area contributed by atoms with Crippen LogP contribution in [0.1, 0.15) is 29.8 Å². The van der Waals surface area contributed by atoms with Gasteiger partial charge in [0.05, 0.1) is 23.2 Å². The fourth-order valence-corrected chi connectivity index (χ4v) is 5.60. The van der Waals surface area contributed by atoms with Gasteiger partial charge < -0.3 is 28.8 Å². The Bertz CT molecular complexity index is 1390. The summed E-state index contributed by atoms with van der Waals surface area (Å²) in [5, 5.41) is 23.8. The highest BCUT2D eigenvalue weighted by molar-refractivity contribution is 7.86. The molecule has 2 heterocycles. The third kappa shape index (κ3) is 3.53. The lowest BCUT2D eigenvalue weighted by Gasteiger charge is -2.58. The summed E-state index contributed by atoms with van der Waals surface area (Å²) in [5.74, 6) is -3.82. The lowest BCUT2D eigenvalue weighted by molar-refractivity contribution is -0.386. The Morgan fingerprint density at radius 2 is 1.81 bits per heavy atom. The molecule has 2 N–H and O–H groups in total. The predicted octanol–water partition coefficient (Wildman–Crippen LogP) is 1.76. The van der Waals surface area contributed by atoms with E-state index >= 15 is 0 Å². The van der Waals surface area contributed by atoms with E-state index in [-0.39, 0.29) is 28.3 Å². The van der Waals surface area contributed by atoms with Crippen molar-refractivity contribution in [2.24, 2.45) is 0 Å². The molecule has 0 aliphatic carbocycles. The number of aliphatic hydroxyl groups is 1. The van der Waals surface area contributed by atoms with E-state index < -0.39 is 49.4 Å². The average molecular weight is 541 g/mol. The Labute approximate surface area is 211 Å². The van der Waals surface area contributed by atoms with Gasteiger partial charge in [-0.2, -0.15) is 8.42 Å². The summed E-state index contributed by atoms with van der Waals surface area (Å²) in [5.41, 5.74) is -7.78. The van der Waals surface area contributed by atoms with E-state index in [0.717, 1.165) is 38.4 Å². The molecule has 2 aromatic carbocycles. The Balaban J connectivity index is 2.22. The number of fused-ring (bicyclic) bond motifs is 2. The minimum Gasteiger partial charge on any atom is -0.482 e. The average Bonchev–Trinajstić information content (AvgIpc) is 3.25. The summed E-state index contributed by atoms with van der Waals surface area (Å²) >= 11 is 0. The van der Waals surface area contributed by atoms with Crippen molar-refractivity contribution < 1.29 is 51.5 Å². The molecule has 2 aliphatic heterocycles. The van der Waals surface area contributed by atoms with Crippen LogP contribution < -0.4 is 14.4 Å². The number of hydrogen-bond acceptors (Lipinski definition) is 12. The zero-order valence-electron chi connectivity index (χ0n) is 20.3. The van der Waals surface area contributed by atoms with Crippen LogP contribution in [0.2, 0.25) is 0 Å². The van der Waals surface area contributed by atoms with Gasteiger partial charge in [-0.25, -0.2) is 4.79 Å². The summed E-state index contributed by atoms with van der Waals surface area (Å²) in [6.07, 6.45) is 0. The van der Waals surface area contributed by atoms with Crippen molar-refractivity contribution in [1.29, 1.82) is 0 Å². The molecule has 0 saturated carbocycles. The van der Waals surface area contributed by atoms with Gasteiger partial charge in [-0.3, -0.25) is 19.6 Å². The van der Waals surface area contributed by atoms with Gasteiger partial charge >= 0.3 is 21.6 Å². The molecule has 0 radical (unpaired) electrons. The van der Waals surface area contributed by atoms with E-state index in [4.69, 9.17) is 23.7 Å². The van der Waals surface area contributed by atoms with Crippen molar-refractivity contribution in [1.82, 2.24) is 0 Å². The molecule has 0 amide bonds. The number of non-ortho nitro benzene ring substituents is 1. The monoisotopic (exact) mass is 540 g/mol. The zero-order valence-corrected chi connectivity index (χ0v) is 21.1. The van der Waals surface area contributed by atoms with Crippen LogP contribution in [0, 0.1) is 10.1 Å². The van der Waals surface area contributed by atoms with Gasteiger partial charge in [0.2, 0.25) is 5.72 Å². The van der Waals surface area contributed by atoms with E-state index in [0.29, 0.717) is 0 Å².